The van der Waals surface area contributed by atoms with Crippen LogP contribution in [-0.4, -0.2) is 24.7 Å². The molecule has 1 atom stereocenters. The summed E-state index contributed by atoms with van der Waals surface area (Å²) in [5, 5.41) is 0. The van der Waals surface area contributed by atoms with Gasteiger partial charge in [-0.15, -0.1) is 0 Å². The molecular formula is C19H19NO4. The molecule has 2 aromatic rings. The first-order chi connectivity index (χ1) is 11.6. The first-order valence-electron chi connectivity index (χ1n) is 7.87. The van der Waals surface area contributed by atoms with Crippen LogP contribution in [0.4, 0.5) is 10.5 Å². The van der Waals surface area contributed by atoms with E-state index in [1.807, 2.05) is 54.6 Å². The molecule has 0 N–H and O–H groups in total. The zero-order valence-electron chi connectivity index (χ0n) is 13.5. The SMILES string of the molecule is CC(=O)OC1Cc2ccccc2N(C(=O)OCc2ccccc2)C1. The van der Waals surface area contributed by atoms with Crippen molar-refractivity contribution in [3.63, 3.8) is 0 Å². The highest BCUT2D eigenvalue weighted by molar-refractivity contribution is 5.89. The first kappa shape index (κ1) is 16.1. The predicted octanol–water partition coefficient (Wildman–Crippen LogP) is 3.32. The largest absolute Gasteiger partial charge is 0.460 e. The number of rotatable bonds is 3. The highest BCUT2D eigenvalue weighted by Gasteiger charge is 2.30. The van der Waals surface area contributed by atoms with Crippen LogP contribution in [0.3, 0.4) is 0 Å². The first-order valence-corrected chi connectivity index (χ1v) is 7.87. The second-order valence-corrected chi connectivity index (χ2v) is 5.72. The zero-order chi connectivity index (χ0) is 16.9. The Balaban J connectivity index is 1.74. The van der Waals surface area contributed by atoms with Crippen LogP contribution in [0.1, 0.15) is 18.1 Å². The summed E-state index contributed by atoms with van der Waals surface area (Å²) < 4.78 is 10.7. The molecule has 5 nitrogen and oxygen atoms in total. The molecule has 3 rings (SSSR count). The molecule has 0 bridgehead atoms. The van der Waals surface area contributed by atoms with Gasteiger partial charge in [-0.3, -0.25) is 9.69 Å². The van der Waals surface area contributed by atoms with Gasteiger partial charge in [0, 0.05) is 13.3 Å². The second kappa shape index (κ2) is 7.17. The molecule has 2 aromatic carbocycles. The maximum atomic E-state index is 12.5. The average Bonchev–Trinajstić information content (AvgIpc) is 2.59. The van der Waals surface area contributed by atoms with Gasteiger partial charge < -0.3 is 9.47 Å². The summed E-state index contributed by atoms with van der Waals surface area (Å²) in [6, 6.07) is 17.1. The number of carbonyl (C=O) groups is 2. The lowest BCUT2D eigenvalue weighted by Crippen LogP contribution is -2.44. The average molecular weight is 325 g/mol. The van der Waals surface area contributed by atoms with Gasteiger partial charge in [0.05, 0.1) is 12.2 Å². The van der Waals surface area contributed by atoms with Gasteiger partial charge in [-0.25, -0.2) is 4.79 Å². The quantitative estimate of drug-likeness (QED) is 0.812. The summed E-state index contributed by atoms with van der Waals surface area (Å²) in [5.74, 6) is -0.350. The van der Waals surface area contributed by atoms with Crippen molar-refractivity contribution in [1.82, 2.24) is 0 Å². The van der Waals surface area contributed by atoms with Gasteiger partial charge in [0.1, 0.15) is 12.7 Å². The van der Waals surface area contributed by atoms with E-state index in [2.05, 4.69) is 0 Å². The third-order valence-electron chi connectivity index (χ3n) is 3.87. The Kier molecular flexibility index (Phi) is 4.79. The van der Waals surface area contributed by atoms with Gasteiger partial charge in [-0.05, 0) is 17.2 Å². The van der Waals surface area contributed by atoms with Crippen LogP contribution in [0.25, 0.3) is 0 Å². The number of hydrogen-bond acceptors (Lipinski definition) is 4. The Hall–Kier alpha value is -2.82. The van der Waals surface area contributed by atoms with Gasteiger partial charge in [0.15, 0.2) is 0 Å². The Labute approximate surface area is 140 Å². The number of esters is 1. The number of benzene rings is 2. The molecule has 1 amide bonds. The molecule has 0 fully saturated rings. The Bertz CT molecular complexity index is 729. The van der Waals surface area contributed by atoms with Crippen LogP contribution in [-0.2, 0) is 27.3 Å². The van der Waals surface area contributed by atoms with Crippen molar-refractivity contribution < 1.29 is 19.1 Å². The van der Waals surface area contributed by atoms with Gasteiger partial charge >= 0.3 is 12.1 Å². The molecule has 1 heterocycles. The van der Waals surface area contributed by atoms with E-state index in [0.29, 0.717) is 13.0 Å². The summed E-state index contributed by atoms with van der Waals surface area (Å²) in [6.45, 7) is 1.87. The van der Waals surface area contributed by atoms with Crippen LogP contribution in [0, 0.1) is 0 Å². The summed E-state index contributed by atoms with van der Waals surface area (Å²) >= 11 is 0. The topological polar surface area (TPSA) is 55.8 Å². The highest BCUT2D eigenvalue weighted by Crippen LogP contribution is 2.28. The van der Waals surface area contributed by atoms with Crippen molar-refractivity contribution in [2.24, 2.45) is 0 Å². The van der Waals surface area contributed by atoms with E-state index in [9.17, 15) is 9.59 Å². The number of carbonyl (C=O) groups excluding carboxylic acids is 2. The van der Waals surface area contributed by atoms with E-state index < -0.39 is 6.09 Å². The molecule has 0 aliphatic carbocycles. The minimum absolute atomic E-state index is 0.205. The summed E-state index contributed by atoms with van der Waals surface area (Å²) in [7, 11) is 0. The molecule has 5 heteroatoms. The summed E-state index contributed by atoms with van der Waals surface area (Å²) in [4.78, 5) is 25.3. The number of nitrogens with zero attached hydrogens (tertiary/aromatic N) is 1. The van der Waals surface area contributed by atoms with Crippen molar-refractivity contribution in [2.75, 3.05) is 11.4 Å². The maximum Gasteiger partial charge on any atom is 0.414 e. The van der Waals surface area contributed by atoms with E-state index >= 15 is 0 Å². The molecular weight excluding hydrogens is 306 g/mol. The molecule has 1 unspecified atom stereocenters. The zero-order valence-corrected chi connectivity index (χ0v) is 13.5. The minimum Gasteiger partial charge on any atom is -0.460 e. The normalized spacial score (nSPS) is 16.2. The molecule has 0 saturated heterocycles. The lowest BCUT2D eigenvalue weighted by molar-refractivity contribution is -0.145. The molecule has 1 aliphatic rings. The van der Waals surface area contributed by atoms with E-state index in [4.69, 9.17) is 9.47 Å². The van der Waals surface area contributed by atoms with Gasteiger partial charge in [-0.2, -0.15) is 0 Å². The lowest BCUT2D eigenvalue weighted by atomic mass is 10.00. The summed E-state index contributed by atoms with van der Waals surface area (Å²) in [6.07, 6.45) is -0.206. The van der Waals surface area contributed by atoms with Crippen LogP contribution < -0.4 is 4.90 Å². The highest BCUT2D eigenvalue weighted by atomic mass is 16.6. The summed E-state index contributed by atoms with van der Waals surface area (Å²) in [5.41, 5.74) is 2.69. The number of anilines is 1. The molecule has 0 saturated carbocycles. The standard InChI is InChI=1S/C19H19NO4/c1-14(21)24-17-11-16-9-5-6-10-18(16)20(12-17)19(22)23-13-15-7-3-2-4-8-15/h2-10,17H,11-13H2,1H3. The predicted molar refractivity (Wildman–Crippen MR) is 89.7 cm³/mol. The van der Waals surface area contributed by atoms with Crippen molar-refractivity contribution in [2.45, 2.75) is 26.1 Å². The Morgan fingerprint density at radius 3 is 2.54 bits per heavy atom. The second-order valence-electron chi connectivity index (χ2n) is 5.72. The van der Waals surface area contributed by atoms with Crippen LogP contribution in [0.5, 0.6) is 0 Å². The van der Waals surface area contributed by atoms with Gasteiger partial charge in [0.25, 0.3) is 0 Å². The molecule has 1 aliphatic heterocycles. The third-order valence-corrected chi connectivity index (χ3v) is 3.87. The smallest absolute Gasteiger partial charge is 0.414 e. The maximum absolute atomic E-state index is 12.5. The minimum atomic E-state index is -0.442. The van der Waals surface area contributed by atoms with Crippen LogP contribution in [0.15, 0.2) is 54.6 Å². The van der Waals surface area contributed by atoms with Crippen molar-refractivity contribution in [1.29, 1.82) is 0 Å². The number of ether oxygens (including phenoxy) is 2. The number of hydrogen-bond donors (Lipinski definition) is 0. The van der Waals surface area contributed by atoms with Gasteiger partial charge in [-0.1, -0.05) is 48.5 Å². The monoisotopic (exact) mass is 325 g/mol. The number of para-hydroxylation sites is 1. The fourth-order valence-electron chi connectivity index (χ4n) is 2.84. The molecule has 0 spiro atoms. The van der Waals surface area contributed by atoms with E-state index in [-0.39, 0.29) is 18.7 Å². The lowest BCUT2D eigenvalue weighted by Gasteiger charge is -2.33. The van der Waals surface area contributed by atoms with Gasteiger partial charge in [0.2, 0.25) is 0 Å². The fraction of sp³-hybridized carbons (Fsp3) is 0.263. The number of amides is 1. The van der Waals surface area contributed by atoms with Crippen molar-refractivity contribution >= 4 is 17.7 Å². The molecule has 24 heavy (non-hydrogen) atoms. The number of fused-ring (bicyclic) bond motifs is 1. The molecule has 0 radical (unpaired) electrons. The fourth-order valence-corrected chi connectivity index (χ4v) is 2.84. The molecule has 124 valence electrons. The van der Waals surface area contributed by atoms with E-state index in [1.165, 1.54) is 11.8 Å². The Morgan fingerprint density at radius 1 is 1.08 bits per heavy atom. The third kappa shape index (κ3) is 3.74. The molecule has 0 aromatic heterocycles. The van der Waals surface area contributed by atoms with Crippen LogP contribution >= 0.6 is 0 Å². The van der Waals surface area contributed by atoms with E-state index in [0.717, 1.165) is 16.8 Å². The van der Waals surface area contributed by atoms with Crippen molar-refractivity contribution in [3.8, 4) is 0 Å². The Morgan fingerprint density at radius 2 is 1.79 bits per heavy atom. The van der Waals surface area contributed by atoms with E-state index in [1.54, 1.807) is 0 Å². The van der Waals surface area contributed by atoms with Crippen LogP contribution in [0.2, 0.25) is 0 Å². The van der Waals surface area contributed by atoms with Crippen molar-refractivity contribution in [3.05, 3.63) is 65.7 Å².